The van der Waals surface area contributed by atoms with E-state index in [2.05, 4.69) is 15.3 Å². The molecular weight excluding hydrogens is 403 g/mol. The zero-order valence-corrected chi connectivity index (χ0v) is 17.0. The molecule has 1 N–H and O–H groups in total. The summed E-state index contributed by atoms with van der Waals surface area (Å²) < 4.78 is 21.4. The molecule has 6 nitrogen and oxygen atoms in total. The summed E-state index contributed by atoms with van der Waals surface area (Å²) in [6.45, 7) is 0. The largest absolute Gasteiger partial charge is 0.441 e. The molecule has 2 aromatic carbocycles. The summed E-state index contributed by atoms with van der Waals surface area (Å²) in [4.78, 5) is 21.8. The monoisotopic (exact) mass is 422 g/mol. The van der Waals surface area contributed by atoms with Gasteiger partial charge in [-0.2, -0.15) is 0 Å². The van der Waals surface area contributed by atoms with E-state index >= 15 is 0 Å². The van der Waals surface area contributed by atoms with Crippen LogP contribution in [0.15, 0.2) is 81.6 Å². The lowest BCUT2D eigenvalue weighted by Crippen LogP contribution is -2.13. The topological polar surface area (TPSA) is 73.0 Å². The minimum Gasteiger partial charge on any atom is -0.441 e. The minimum atomic E-state index is -0.375. The van der Waals surface area contributed by atoms with Crippen LogP contribution in [-0.4, -0.2) is 20.4 Å². The van der Waals surface area contributed by atoms with Gasteiger partial charge >= 0.3 is 0 Å². The van der Waals surface area contributed by atoms with Gasteiger partial charge in [-0.3, -0.25) is 4.79 Å². The molecule has 0 radical (unpaired) electrons. The Balaban J connectivity index is 1.38. The molecule has 2 aromatic heterocycles. The number of hydrogen-bond donors (Lipinski definition) is 1. The van der Waals surface area contributed by atoms with Gasteiger partial charge in [0, 0.05) is 37.2 Å². The summed E-state index contributed by atoms with van der Waals surface area (Å²) in [6.07, 6.45) is 5.59. The van der Waals surface area contributed by atoms with E-state index in [-0.39, 0.29) is 18.1 Å². The van der Waals surface area contributed by atoms with E-state index in [1.54, 1.807) is 24.4 Å². The Kier molecular flexibility index (Phi) is 5.94. The van der Waals surface area contributed by atoms with Gasteiger partial charge in [-0.1, -0.05) is 24.3 Å². The first-order valence-electron chi connectivity index (χ1n) is 9.34. The molecule has 1 amide bonds. The van der Waals surface area contributed by atoms with E-state index in [0.29, 0.717) is 23.6 Å². The van der Waals surface area contributed by atoms with Crippen LogP contribution in [0.25, 0.3) is 11.3 Å². The summed E-state index contributed by atoms with van der Waals surface area (Å²) in [6, 6.07) is 13.9. The number of amides is 1. The van der Waals surface area contributed by atoms with Crippen LogP contribution in [0.5, 0.6) is 0 Å². The highest BCUT2D eigenvalue weighted by molar-refractivity contribution is 7.99. The predicted molar refractivity (Wildman–Crippen MR) is 113 cm³/mol. The van der Waals surface area contributed by atoms with Crippen molar-refractivity contribution in [2.75, 3.05) is 5.32 Å². The molecule has 0 saturated carbocycles. The van der Waals surface area contributed by atoms with Gasteiger partial charge in [0.2, 0.25) is 5.91 Å². The summed E-state index contributed by atoms with van der Waals surface area (Å²) in [5.41, 5.74) is 1.07. The molecular formula is C22H19FN4O2S. The number of benzene rings is 2. The Bertz CT molecular complexity index is 1170. The lowest BCUT2D eigenvalue weighted by molar-refractivity contribution is -0.116. The molecule has 0 bridgehead atoms. The lowest BCUT2D eigenvalue weighted by Gasteiger charge is -2.10. The van der Waals surface area contributed by atoms with Crippen LogP contribution in [-0.2, 0) is 18.3 Å². The van der Waals surface area contributed by atoms with Crippen LogP contribution in [0.4, 0.5) is 10.1 Å². The van der Waals surface area contributed by atoms with Crippen LogP contribution in [0.1, 0.15) is 12.3 Å². The quantitative estimate of drug-likeness (QED) is 0.457. The number of carbonyl (C=O) groups excluding carboxylic acids is 1. The van der Waals surface area contributed by atoms with Gasteiger partial charge in [-0.15, -0.1) is 0 Å². The highest BCUT2D eigenvalue weighted by Gasteiger charge is 2.13. The van der Waals surface area contributed by atoms with Gasteiger partial charge in [0.25, 0.3) is 0 Å². The van der Waals surface area contributed by atoms with Crippen molar-refractivity contribution in [3.63, 3.8) is 0 Å². The summed E-state index contributed by atoms with van der Waals surface area (Å²) in [5, 5.41) is 3.76. The molecule has 0 spiro atoms. The maximum absolute atomic E-state index is 13.9. The summed E-state index contributed by atoms with van der Waals surface area (Å²) in [7, 11) is 1.92. The fraction of sp³-hybridized carbons (Fsp3) is 0.136. The standard InChI is InChI=1S/C22H19FN4O2S/c1-27-13-12-24-22(27)30-19-9-5-4-8-17(19)26-20(28)10-11-21-25-14-18(29-21)15-6-2-3-7-16(15)23/h2-9,12-14H,10-11H2,1H3,(H,26,28). The first-order valence-corrected chi connectivity index (χ1v) is 10.2. The number of nitrogens with zero attached hydrogens (tertiary/aromatic N) is 3. The Hall–Kier alpha value is -3.39. The number of para-hydroxylation sites is 1. The van der Waals surface area contributed by atoms with Crippen molar-refractivity contribution in [2.24, 2.45) is 7.05 Å². The molecule has 152 valence electrons. The van der Waals surface area contributed by atoms with Crippen LogP contribution in [0, 0.1) is 5.82 Å². The summed E-state index contributed by atoms with van der Waals surface area (Å²) in [5.74, 6) is 0.202. The van der Waals surface area contributed by atoms with E-state index in [9.17, 15) is 9.18 Å². The van der Waals surface area contributed by atoms with Crippen molar-refractivity contribution in [1.29, 1.82) is 0 Å². The van der Waals surface area contributed by atoms with Gasteiger partial charge < -0.3 is 14.3 Å². The van der Waals surface area contributed by atoms with Gasteiger partial charge in [0.15, 0.2) is 16.8 Å². The number of halogens is 1. The number of imidazole rings is 1. The van der Waals surface area contributed by atoms with Crippen molar-refractivity contribution in [2.45, 2.75) is 22.9 Å². The third kappa shape index (κ3) is 4.60. The van der Waals surface area contributed by atoms with Crippen molar-refractivity contribution >= 4 is 23.4 Å². The molecule has 4 rings (SSSR count). The normalized spacial score (nSPS) is 10.9. The number of aryl methyl sites for hydroxylation is 2. The van der Waals surface area contributed by atoms with Gasteiger partial charge in [-0.05, 0) is 36.0 Å². The van der Waals surface area contributed by atoms with Crippen molar-refractivity contribution < 1.29 is 13.6 Å². The SMILES string of the molecule is Cn1ccnc1Sc1ccccc1NC(=O)CCc1ncc(-c2ccccc2F)o1. The molecule has 0 aliphatic carbocycles. The maximum Gasteiger partial charge on any atom is 0.224 e. The Labute approximate surface area is 177 Å². The number of nitrogens with one attached hydrogen (secondary N) is 1. The Morgan fingerprint density at radius 3 is 2.77 bits per heavy atom. The molecule has 2 heterocycles. The maximum atomic E-state index is 13.9. The molecule has 0 unspecified atom stereocenters. The molecule has 8 heteroatoms. The number of aromatic nitrogens is 3. The number of oxazole rings is 1. The van der Waals surface area contributed by atoms with Crippen LogP contribution in [0.2, 0.25) is 0 Å². The van der Waals surface area contributed by atoms with Crippen molar-refractivity contribution in [3.05, 3.63) is 78.8 Å². The molecule has 0 aliphatic heterocycles. The predicted octanol–water partition coefficient (Wildman–Crippen LogP) is 4.94. The Morgan fingerprint density at radius 2 is 1.97 bits per heavy atom. The average Bonchev–Trinajstić information content (AvgIpc) is 3.37. The van der Waals surface area contributed by atoms with E-state index in [4.69, 9.17) is 4.42 Å². The second-order valence-electron chi connectivity index (χ2n) is 6.57. The molecule has 4 aromatic rings. The summed E-state index contributed by atoms with van der Waals surface area (Å²) >= 11 is 1.48. The first kappa shape index (κ1) is 19.9. The van der Waals surface area contributed by atoms with Crippen molar-refractivity contribution in [3.8, 4) is 11.3 Å². The van der Waals surface area contributed by atoms with E-state index in [1.165, 1.54) is 24.0 Å². The first-order chi connectivity index (χ1) is 14.6. The van der Waals surface area contributed by atoms with E-state index in [0.717, 1.165) is 15.7 Å². The smallest absolute Gasteiger partial charge is 0.224 e. The van der Waals surface area contributed by atoms with Gasteiger partial charge in [0.1, 0.15) is 5.82 Å². The minimum absolute atomic E-state index is 0.159. The lowest BCUT2D eigenvalue weighted by atomic mass is 10.2. The van der Waals surface area contributed by atoms with E-state index in [1.807, 2.05) is 42.1 Å². The second-order valence-corrected chi connectivity index (χ2v) is 7.57. The highest BCUT2D eigenvalue weighted by atomic mass is 32.2. The zero-order chi connectivity index (χ0) is 20.9. The van der Waals surface area contributed by atoms with Gasteiger partial charge in [0.05, 0.1) is 17.4 Å². The van der Waals surface area contributed by atoms with Crippen molar-refractivity contribution in [1.82, 2.24) is 14.5 Å². The number of hydrogen-bond acceptors (Lipinski definition) is 5. The number of anilines is 1. The third-order valence-electron chi connectivity index (χ3n) is 4.40. The number of carbonyl (C=O) groups is 1. The zero-order valence-electron chi connectivity index (χ0n) is 16.2. The molecule has 0 saturated heterocycles. The molecule has 0 atom stereocenters. The molecule has 0 fully saturated rings. The second kappa shape index (κ2) is 8.96. The van der Waals surface area contributed by atoms with Gasteiger partial charge in [-0.25, -0.2) is 14.4 Å². The van der Waals surface area contributed by atoms with Crippen LogP contribution < -0.4 is 5.32 Å². The molecule has 0 aliphatic rings. The Morgan fingerprint density at radius 1 is 1.17 bits per heavy atom. The molecule has 30 heavy (non-hydrogen) atoms. The fourth-order valence-electron chi connectivity index (χ4n) is 2.85. The van der Waals surface area contributed by atoms with Crippen LogP contribution in [0.3, 0.4) is 0 Å². The van der Waals surface area contributed by atoms with E-state index < -0.39 is 0 Å². The average molecular weight is 422 g/mol. The number of rotatable bonds is 7. The van der Waals surface area contributed by atoms with Crippen LogP contribution >= 0.6 is 11.8 Å². The highest BCUT2D eigenvalue weighted by Crippen LogP contribution is 2.32. The third-order valence-corrected chi connectivity index (χ3v) is 5.55. The fourth-order valence-corrected chi connectivity index (χ4v) is 3.74.